The Balaban J connectivity index is 1.84. The maximum Gasteiger partial charge on any atom is 0.229 e. The number of aliphatic hydroxyl groups is 4. The number of halogens is 5. The predicted molar refractivity (Wildman–Crippen MR) is 91.4 cm³/mol. The first-order chi connectivity index (χ1) is 14.6. The third kappa shape index (κ3) is 4.72. The Morgan fingerprint density at radius 3 is 2.13 bits per heavy atom. The fourth-order valence-corrected chi connectivity index (χ4v) is 2.88. The van der Waals surface area contributed by atoms with Crippen molar-refractivity contribution in [2.75, 3.05) is 6.61 Å². The van der Waals surface area contributed by atoms with Gasteiger partial charge in [-0.05, 0) is 12.1 Å². The van der Waals surface area contributed by atoms with Crippen molar-refractivity contribution in [1.29, 1.82) is 0 Å². The van der Waals surface area contributed by atoms with Gasteiger partial charge >= 0.3 is 0 Å². The fraction of sp³-hybridized carbons (Fsp3) is 0.368. The smallest absolute Gasteiger partial charge is 0.229 e. The SMILES string of the molecule is OC[C@H]1O[C@@H](Oc2cc(F)ccc2COc2c(F)c(F)cc(F)c2F)[C@H](O)[C@@H](O)[C@H]1O. The molecule has 2 aromatic carbocycles. The van der Waals surface area contributed by atoms with E-state index in [0.717, 1.165) is 18.2 Å². The highest BCUT2D eigenvalue weighted by Gasteiger charge is 2.44. The second-order valence-electron chi connectivity index (χ2n) is 6.65. The minimum atomic E-state index is -1.82. The topological polar surface area (TPSA) is 109 Å². The molecule has 1 aliphatic heterocycles. The van der Waals surface area contributed by atoms with E-state index in [1.54, 1.807) is 0 Å². The second kappa shape index (κ2) is 9.32. The highest BCUT2D eigenvalue weighted by Crippen LogP contribution is 2.31. The maximum atomic E-state index is 13.8. The lowest BCUT2D eigenvalue weighted by Gasteiger charge is -2.39. The summed E-state index contributed by atoms with van der Waals surface area (Å²) < 4.78 is 83.2. The number of benzene rings is 2. The molecule has 0 saturated carbocycles. The van der Waals surface area contributed by atoms with Crippen molar-refractivity contribution in [3.63, 3.8) is 0 Å². The zero-order chi connectivity index (χ0) is 22.9. The number of aliphatic hydroxyl groups excluding tert-OH is 4. The van der Waals surface area contributed by atoms with Gasteiger partial charge in [-0.1, -0.05) is 0 Å². The molecular weight excluding hydrogens is 435 g/mol. The number of rotatable bonds is 6. The van der Waals surface area contributed by atoms with Gasteiger partial charge in [0.2, 0.25) is 17.9 Å². The minimum Gasteiger partial charge on any atom is -0.483 e. The van der Waals surface area contributed by atoms with Crippen LogP contribution in [0.1, 0.15) is 5.56 Å². The van der Waals surface area contributed by atoms with Gasteiger partial charge in [-0.2, -0.15) is 8.78 Å². The normalized spacial score (nSPS) is 26.0. The molecule has 0 unspecified atom stereocenters. The Labute approximate surface area is 171 Å². The fourth-order valence-electron chi connectivity index (χ4n) is 2.88. The lowest BCUT2D eigenvalue weighted by Crippen LogP contribution is -2.60. The van der Waals surface area contributed by atoms with Gasteiger partial charge < -0.3 is 34.6 Å². The Morgan fingerprint density at radius 2 is 1.52 bits per heavy atom. The number of hydrogen-bond acceptors (Lipinski definition) is 7. The van der Waals surface area contributed by atoms with Crippen LogP contribution in [0.2, 0.25) is 0 Å². The quantitative estimate of drug-likeness (QED) is 0.385. The summed E-state index contributed by atoms with van der Waals surface area (Å²) in [5.41, 5.74) is -0.0816. The van der Waals surface area contributed by atoms with Gasteiger partial charge in [0, 0.05) is 17.7 Å². The molecule has 0 aromatic heterocycles. The minimum absolute atomic E-state index is 0.00305. The molecular formula is C19H17F5O7. The lowest BCUT2D eigenvalue weighted by molar-refractivity contribution is -0.277. The van der Waals surface area contributed by atoms with Crippen molar-refractivity contribution in [1.82, 2.24) is 0 Å². The Kier molecular flexibility index (Phi) is 6.96. The van der Waals surface area contributed by atoms with Crippen molar-refractivity contribution in [2.45, 2.75) is 37.3 Å². The number of hydrogen-bond donors (Lipinski definition) is 4. The van der Waals surface area contributed by atoms with Gasteiger partial charge in [0.15, 0.2) is 17.4 Å². The van der Waals surface area contributed by atoms with E-state index in [1.807, 2.05) is 0 Å². The van der Waals surface area contributed by atoms with Crippen LogP contribution in [-0.4, -0.2) is 57.7 Å². The molecule has 2 aromatic rings. The Morgan fingerprint density at radius 1 is 0.871 bits per heavy atom. The molecule has 1 heterocycles. The first kappa shape index (κ1) is 23.2. The van der Waals surface area contributed by atoms with E-state index < -0.39 is 78.8 Å². The van der Waals surface area contributed by atoms with E-state index in [-0.39, 0.29) is 17.4 Å². The molecule has 12 heteroatoms. The lowest BCUT2D eigenvalue weighted by atomic mass is 9.99. The summed E-state index contributed by atoms with van der Waals surface area (Å²) in [7, 11) is 0. The maximum absolute atomic E-state index is 13.8. The zero-order valence-electron chi connectivity index (χ0n) is 15.5. The summed E-state index contributed by atoms with van der Waals surface area (Å²) in [6.45, 7) is -1.49. The van der Waals surface area contributed by atoms with Crippen LogP contribution in [0.25, 0.3) is 0 Å². The molecule has 1 saturated heterocycles. The molecule has 0 radical (unpaired) electrons. The molecule has 0 spiro atoms. The van der Waals surface area contributed by atoms with Crippen LogP contribution >= 0.6 is 0 Å². The van der Waals surface area contributed by atoms with Crippen LogP contribution in [0.3, 0.4) is 0 Å². The highest BCUT2D eigenvalue weighted by molar-refractivity contribution is 5.35. The predicted octanol–water partition coefficient (Wildman–Crippen LogP) is 1.14. The molecule has 3 rings (SSSR count). The number of ether oxygens (including phenoxy) is 3. The second-order valence-corrected chi connectivity index (χ2v) is 6.65. The summed E-state index contributed by atoms with van der Waals surface area (Å²) in [5, 5.41) is 38.8. The molecule has 5 atom stereocenters. The van der Waals surface area contributed by atoms with Crippen molar-refractivity contribution < 1.29 is 56.6 Å². The average Bonchev–Trinajstić information content (AvgIpc) is 2.74. The van der Waals surface area contributed by atoms with Crippen LogP contribution in [-0.2, 0) is 11.3 Å². The van der Waals surface area contributed by atoms with E-state index in [1.165, 1.54) is 0 Å². The first-order valence-corrected chi connectivity index (χ1v) is 8.85. The van der Waals surface area contributed by atoms with Crippen LogP contribution in [0.15, 0.2) is 24.3 Å². The average molecular weight is 452 g/mol. The summed E-state index contributed by atoms with van der Waals surface area (Å²) >= 11 is 0. The largest absolute Gasteiger partial charge is 0.483 e. The molecule has 0 aliphatic carbocycles. The standard InChI is InChI=1S/C19H17F5O7/c20-8-2-1-7(6-29-18-13(23)9(21)4-10(22)14(18)24)11(3-8)30-19-17(28)16(27)15(26)12(5-25)31-19/h1-4,12,15-17,19,25-28H,5-6H2/t12-,15+,16+,17-,19-/m1/s1. The van der Waals surface area contributed by atoms with E-state index in [2.05, 4.69) is 0 Å². The summed E-state index contributed by atoms with van der Waals surface area (Å²) in [6.07, 6.45) is -8.25. The summed E-state index contributed by atoms with van der Waals surface area (Å²) in [4.78, 5) is 0. The van der Waals surface area contributed by atoms with Crippen molar-refractivity contribution in [2.24, 2.45) is 0 Å². The van der Waals surface area contributed by atoms with Gasteiger partial charge in [-0.15, -0.1) is 0 Å². The van der Waals surface area contributed by atoms with Gasteiger partial charge in [-0.25, -0.2) is 13.2 Å². The summed E-state index contributed by atoms with van der Waals surface area (Å²) in [5.74, 6) is -9.49. The summed E-state index contributed by atoms with van der Waals surface area (Å²) in [6, 6.07) is 2.79. The Hall–Kier alpha value is -2.51. The van der Waals surface area contributed by atoms with Crippen LogP contribution in [0.4, 0.5) is 22.0 Å². The highest BCUT2D eigenvalue weighted by atomic mass is 19.2. The first-order valence-electron chi connectivity index (χ1n) is 8.85. The monoisotopic (exact) mass is 452 g/mol. The molecule has 0 bridgehead atoms. The van der Waals surface area contributed by atoms with Gasteiger partial charge in [0.25, 0.3) is 0 Å². The molecule has 4 N–H and O–H groups in total. The van der Waals surface area contributed by atoms with E-state index in [0.29, 0.717) is 0 Å². The van der Waals surface area contributed by atoms with Crippen molar-refractivity contribution >= 4 is 0 Å². The van der Waals surface area contributed by atoms with Gasteiger partial charge in [-0.3, -0.25) is 0 Å². The van der Waals surface area contributed by atoms with Gasteiger partial charge in [0.1, 0.15) is 42.6 Å². The molecule has 7 nitrogen and oxygen atoms in total. The molecule has 31 heavy (non-hydrogen) atoms. The van der Waals surface area contributed by atoms with Crippen molar-refractivity contribution in [3.8, 4) is 11.5 Å². The van der Waals surface area contributed by atoms with Gasteiger partial charge in [0.05, 0.1) is 6.61 Å². The van der Waals surface area contributed by atoms with Crippen LogP contribution in [0, 0.1) is 29.1 Å². The van der Waals surface area contributed by atoms with Crippen molar-refractivity contribution in [3.05, 3.63) is 58.9 Å². The van der Waals surface area contributed by atoms with E-state index in [4.69, 9.17) is 14.2 Å². The molecule has 0 amide bonds. The molecule has 170 valence electrons. The van der Waals surface area contributed by atoms with Crippen LogP contribution < -0.4 is 9.47 Å². The van der Waals surface area contributed by atoms with E-state index in [9.17, 15) is 42.4 Å². The van der Waals surface area contributed by atoms with E-state index >= 15 is 0 Å². The third-order valence-corrected chi connectivity index (χ3v) is 4.56. The third-order valence-electron chi connectivity index (χ3n) is 4.56. The molecule has 1 aliphatic rings. The molecule has 1 fully saturated rings. The Bertz CT molecular complexity index is 916. The van der Waals surface area contributed by atoms with Crippen LogP contribution in [0.5, 0.6) is 11.5 Å². The zero-order valence-corrected chi connectivity index (χ0v) is 15.5.